The first-order valence-corrected chi connectivity index (χ1v) is 8.75. The van der Waals surface area contributed by atoms with Gasteiger partial charge in [-0.1, -0.05) is 12.1 Å². The number of para-hydroxylation sites is 1. The van der Waals surface area contributed by atoms with Crippen LogP contribution in [-0.4, -0.2) is 54.4 Å². The van der Waals surface area contributed by atoms with E-state index in [-0.39, 0.29) is 5.91 Å². The van der Waals surface area contributed by atoms with Gasteiger partial charge in [-0.25, -0.2) is 0 Å². The van der Waals surface area contributed by atoms with Crippen LogP contribution in [0.4, 0.5) is 5.69 Å². The number of aryl methyl sites for hydroxylation is 1. The third kappa shape index (κ3) is 3.67. The Balaban J connectivity index is 1.62. The topological polar surface area (TPSA) is 68.6 Å². The molecule has 1 aliphatic rings. The first-order chi connectivity index (χ1) is 12.5. The number of amides is 1. The number of hydrogen-bond donors (Lipinski definition) is 1. The molecule has 26 heavy (non-hydrogen) atoms. The summed E-state index contributed by atoms with van der Waals surface area (Å²) in [5, 5.41) is 7.10. The van der Waals surface area contributed by atoms with Gasteiger partial charge in [-0.3, -0.25) is 14.4 Å². The van der Waals surface area contributed by atoms with E-state index in [4.69, 9.17) is 9.47 Å². The Morgan fingerprint density at radius 2 is 2.15 bits per heavy atom. The number of rotatable bonds is 6. The fourth-order valence-corrected chi connectivity index (χ4v) is 3.48. The molecule has 1 N–H and O–H groups in total. The minimum atomic E-state index is -0.0145. The highest BCUT2D eigenvalue weighted by molar-refractivity contribution is 5.92. The lowest BCUT2D eigenvalue weighted by Gasteiger charge is -2.18. The molecule has 2 aromatic rings. The van der Waals surface area contributed by atoms with Crippen molar-refractivity contribution in [1.29, 1.82) is 0 Å². The van der Waals surface area contributed by atoms with Crippen molar-refractivity contribution in [1.82, 2.24) is 14.7 Å². The van der Waals surface area contributed by atoms with E-state index in [0.717, 1.165) is 48.0 Å². The minimum Gasteiger partial charge on any atom is -0.493 e. The van der Waals surface area contributed by atoms with Crippen molar-refractivity contribution in [3.8, 4) is 11.5 Å². The van der Waals surface area contributed by atoms with E-state index in [1.165, 1.54) is 0 Å². The molecule has 1 unspecified atom stereocenters. The van der Waals surface area contributed by atoms with Gasteiger partial charge in [0.2, 0.25) is 5.91 Å². The maximum Gasteiger partial charge on any atom is 0.238 e. The second-order valence-electron chi connectivity index (χ2n) is 6.62. The van der Waals surface area contributed by atoms with Crippen LogP contribution in [-0.2, 0) is 11.8 Å². The molecule has 0 aliphatic carbocycles. The maximum absolute atomic E-state index is 12.4. The number of nitrogens with one attached hydrogen (secondary N) is 1. The fraction of sp³-hybridized carbons (Fsp3) is 0.474. The van der Waals surface area contributed by atoms with E-state index >= 15 is 0 Å². The predicted molar refractivity (Wildman–Crippen MR) is 99.9 cm³/mol. The monoisotopic (exact) mass is 358 g/mol. The number of benzene rings is 1. The van der Waals surface area contributed by atoms with Gasteiger partial charge in [-0.05, 0) is 26.0 Å². The molecule has 1 atom stereocenters. The molecule has 0 spiro atoms. The first kappa shape index (κ1) is 18.3. The van der Waals surface area contributed by atoms with Crippen molar-refractivity contribution in [2.75, 3.05) is 39.2 Å². The molecular formula is C19H26N4O3. The average molecular weight is 358 g/mol. The zero-order valence-electron chi connectivity index (χ0n) is 15.8. The average Bonchev–Trinajstić information content (AvgIpc) is 3.22. The summed E-state index contributed by atoms with van der Waals surface area (Å²) in [5.41, 5.74) is 2.85. The van der Waals surface area contributed by atoms with Crippen LogP contribution in [0.1, 0.15) is 23.6 Å². The highest BCUT2D eigenvalue weighted by Gasteiger charge is 2.28. The molecular weight excluding hydrogens is 332 g/mol. The Morgan fingerprint density at radius 3 is 2.81 bits per heavy atom. The SMILES string of the molecule is COc1cccc(C2CCN(CC(=O)Nc3cnn(C)c3C)C2)c1OC. The summed E-state index contributed by atoms with van der Waals surface area (Å²) in [6, 6.07) is 5.96. The van der Waals surface area contributed by atoms with Gasteiger partial charge in [0.25, 0.3) is 0 Å². The maximum atomic E-state index is 12.4. The second kappa shape index (κ2) is 7.78. The van der Waals surface area contributed by atoms with Crippen LogP contribution < -0.4 is 14.8 Å². The number of aromatic nitrogens is 2. The number of methoxy groups -OCH3 is 2. The summed E-state index contributed by atoms with van der Waals surface area (Å²) >= 11 is 0. The molecule has 0 saturated carbocycles. The van der Waals surface area contributed by atoms with E-state index in [9.17, 15) is 4.79 Å². The van der Waals surface area contributed by atoms with Gasteiger partial charge in [-0.2, -0.15) is 5.10 Å². The number of anilines is 1. The Kier molecular flexibility index (Phi) is 5.46. The summed E-state index contributed by atoms with van der Waals surface area (Å²) in [5.74, 6) is 1.85. The zero-order chi connectivity index (χ0) is 18.7. The third-order valence-corrected chi connectivity index (χ3v) is 5.02. The third-order valence-electron chi connectivity index (χ3n) is 5.02. The number of ether oxygens (including phenoxy) is 2. The normalized spacial score (nSPS) is 17.3. The van der Waals surface area contributed by atoms with E-state index in [1.807, 2.05) is 26.1 Å². The number of carbonyl (C=O) groups is 1. The molecule has 0 radical (unpaired) electrons. The Morgan fingerprint density at radius 1 is 1.35 bits per heavy atom. The Hall–Kier alpha value is -2.54. The second-order valence-corrected chi connectivity index (χ2v) is 6.62. The minimum absolute atomic E-state index is 0.0145. The van der Waals surface area contributed by atoms with E-state index in [2.05, 4.69) is 21.4 Å². The van der Waals surface area contributed by atoms with Gasteiger partial charge in [0.1, 0.15) is 0 Å². The molecule has 140 valence electrons. The Bertz CT molecular complexity index is 787. The van der Waals surface area contributed by atoms with Crippen molar-refractivity contribution >= 4 is 11.6 Å². The van der Waals surface area contributed by atoms with Crippen molar-refractivity contribution in [3.05, 3.63) is 35.7 Å². The van der Waals surface area contributed by atoms with Crippen molar-refractivity contribution in [2.24, 2.45) is 7.05 Å². The molecule has 1 aromatic heterocycles. The lowest BCUT2D eigenvalue weighted by Crippen LogP contribution is -2.31. The van der Waals surface area contributed by atoms with Gasteiger partial charge < -0.3 is 14.8 Å². The van der Waals surface area contributed by atoms with E-state index < -0.39 is 0 Å². The van der Waals surface area contributed by atoms with Crippen molar-refractivity contribution in [2.45, 2.75) is 19.3 Å². The molecule has 7 heteroatoms. The van der Waals surface area contributed by atoms with E-state index in [1.54, 1.807) is 25.1 Å². The first-order valence-electron chi connectivity index (χ1n) is 8.75. The highest BCUT2D eigenvalue weighted by atomic mass is 16.5. The zero-order valence-corrected chi connectivity index (χ0v) is 15.8. The Labute approximate surface area is 153 Å². The van der Waals surface area contributed by atoms with Crippen molar-refractivity contribution in [3.63, 3.8) is 0 Å². The molecule has 1 aromatic carbocycles. The van der Waals surface area contributed by atoms with Crippen LogP contribution in [0.15, 0.2) is 24.4 Å². The van der Waals surface area contributed by atoms with Crippen molar-refractivity contribution < 1.29 is 14.3 Å². The molecule has 1 saturated heterocycles. The van der Waals surface area contributed by atoms with Crippen LogP contribution in [0.25, 0.3) is 0 Å². The predicted octanol–water partition coefficient (Wildman–Crippen LogP) is 2.17. The van der Waals surface area contributed by atoms with Crippen LogP contribution in [0, 0.1) is 6.92 Å². The lowest BCUT2D eigenvalue weighted by atomic mass is 9.97. The lowest BCUT2D eigenvalue weighted by molar-refractivity contribution is -0.117. The molecule has 1 amide bonds. The summed E-state index contributed by atoms with van der Waals surface area (Å²) < 4.78 is 12.7. The van der Waals surface area contributed by atoms with E-state index in [0.29, 0.717) is 12.5 Å². The standard InChI is InChI=1S/C19H26N4O3/c1-13-16(10-20-22(13)2)21-18(24)12-23-9-8-14(11-23)15-6-5-7-17(25-3)19(15)26-4/h5-7,10,14H,8-9,11-12H2,1-4H3,(H,21,24). The number of hydrogen-bond acceptors (Lipinski definition) is 5. The van der Waals surface area contributed by atoms with Gasteiger partial charge in [0.15, 0.2) is 11.5 Å². The van der Waals surface area contributed by atoms with Gasteiger partial charge in [0, 0.05) is 25.1 Å². The summed E-state index contributed by atoms with van der Waals surface area (Å²) in [6.07, 6.45) is 2.67. The van der Waals surface area contributed by atoms with Crippen LogP contribution >= 0.6 is 0 Å². The van der Waals surface area contributed by atoms with Crippen LogP contribution in [0.2, 0.25) is 0 Å². The molecule has 3 rings (SSSR count). The molecule has 0 bridgehead atoms. The van der Waals surface area contributed by atoms with Crippen LogP contribution in [0.5, 0.6) is 11.5 Å². The summed E-state index contributed by atoms with van der Waals surface area (Å²) in [7, 11) is 5.17. The number of carbonyl (C=O) groups excluding carboxylic acids is 1. The number of nitrogens with zero attached hydrogens (tertiary/aromatic N) is 3. The van der Waals surface area contributed by atoms with Gasteiger partial charge in [0.05, 0.1) is 38.3 Å². The van der Waals surface area contributed by atoms with Gasteiger partial charge >= 0.3 is 0 Å². The summed E-state index contributed by atoms with van der Waals surface area (Å²) in [6.45, 7) is 4.01. The largest absolute Gasteiger partial charge is 0.493 e. The smallest absolute Gasteiger partial charge is 0.238 e. The van der Waals surface area contributed by atoms with Gasteiger partial charge in [-0.15, -0.1) is 0 Å². The molecule has 1 fully saturated rings. The molecule has 2 heterocycles. The van der Waals surface area contributed by atoms with Crippen LogP contribution in [0.3, 0.4) is 0 Å². The fourth-order valence-electron chi connectivity index (χ4n) is 3.48. The molecule has 1 aliphatic heterocycles. The number of likely N-dealkylation sites (tertiary alicyclic amines) is 1. The summed E-state index contributed by atoms with van der Waals surface area (Å²) in [4.78, 5) is 14.5. The quantitative estimate of drug-likeness (QED) is 0.857. The molecule has 7 nitrogen and oxygen atoms in total. The highest BCUT2D eigenvalue weighted by Crippen LogP contribution is 2.39.